The molecule has 1 spiro atoms. The molecular weight excluding hydrogens is 252 g/mol. The fourth-order valence-electron chi connectivity index (χ4n) is 4.04. The molecule has 0 aromatic rings. The highest BCUT2D eigenvalue weighted by Gasteiger charge is 2.64. The van der Waals surface area contributed by atoms with Crippen molar-refractivity contribution >= 4 is 5.91 Å². The van der Waals surface area contributed by atoms with Crippen LogP contribution in [-0.2, 0) is 9.53 Å². The second-order valence-corrected chi connectivity index (χ2v) is 7.88. The Bertz CT molecular complexity index is 415. The summed E-state index contributed by atoms with van der Waals surface area (Å²) in [5.41, 5.74) is -0.143. The van der Waals surface area contributed by atoms with E-state index in [9.17, 15) is 4.79 Å². The van der Waals surface area contributed by atoms with Crippen molar-refractivity contribution in [3.05, 3.63) is 0 Å². The first-order valence-corrected chi connectivity index (χ1v) is 7.95. The lowest BCUT2D eigenvalue weighted by Crippen LogP contribution is -2.64. The molecule has 0 bridgehead atoms. The van der Waals surface area contributed by atoms with Gasteiger partial charge in [-0.3, -0.25) is 10.1 Å². The Balaban J connectivity index is 1.81. The second-order valence-electron chi connectivity index (χ2n) is 7.88. The van der Waals surface area contributed by atoms with Crippen LogP contribution in [0.25, 0.3) is 0 Å². The van der Waals surface area contributed by atoms with E-state index in [1.165, 1.54) is 0 Å². The largest absolute Gasteiger partial charge is 0.381 e. The maximum Gasteiger partial charge on any atom is 0.244 e. The van der Waals surface area contributed by atoms with Gasteiger partial charge >= 0.3 is 0 Å². The molecule has 3 aliphatic rings. The Morgan fingerprint density at radius 2 is 2.05 bits per heavy atom. The molecule has 0 radical (unpaired) electrons. The first-order chi connectivity index (χ1) is 9.32. The molecule has 0 aromatic carbocycles. The van der Waals surface area contributed by atoms with Crippen LogP contribution in [0.3, 0.4) is 0 Å². The van der Waals surface area contributed by atoms with Gasteiger partial charge < -0.3 is 9.64 Å². The number of carbonyl (C=O) groups excluding carboxylic acids is 1. The summed E-state index contributed by atoms with van der Waals surface area (Å²) in [6, 6.07) is 0.316. The van der Waals surface area contributed by atoms with Gasteiger partial charge in [-0.15, -0.1) is 0 Å². The predicted octanol–water partition coefficient (Wildman–Crippen LogP) is 2.14. The number of rotatable bonds is 4. The molecule has 20 heavy (non-hydrogen) atoms. The molecule has 0 aromatic heterocycles. The molecule has 2 aliphatic carbocycles. The molecule has 1 aliphatic heterocycles. The van der Waals surface area contributed by atoms with Gasteiger partial charge in [-0.2, -0.15) is 0 Å². The van der Waals surface area contributed by atoms with Crippen LogP contribution in [-0.4, -0.2) is 41.8 Å². The van der Waals surface area contributed by atoms with Crippen molar-refractivity contribution in [3.8, 4) is 0 Å². The van der Waals surface area contributed by atoms with Gasteiger partial charge in [-0.05, 0) is 31.6 Å². The van der Waals surface area contributed by atoms with Gasteiger partial charge in [-0.25, -0.2) is 0 Å². The quantitative estimate of drug-likeness (QED) is 0.858. The second kappa shape index (κ2) is 4.44. The molecule has 3 atom stereocenters. The zero-order valence-corrected chi connectivity index (χ0v) is 13.4. The summed E-state index contributed by atoms with van der Waals surface area (Å²) in [4.78, 5) is 15.0. The van der Waals surface area contributed by atoms with Crippen LogP contribution < -0.4 is 5.32 Å². The number of hydrogen-bond acceptors (Lipinski definition) is 3. The van der Waals surface area contributed by atoms with Crippen molar-refractivity contribution in [2.24, 2.45) is 11.3 Å². The first-order valence-electron chi connectivity index (χ1n) is 7.95. The van der Waals surface area contributed by atoms with Gasteiger partial charge in [0, 0.05) is 18.6 Å². The summed E-state index contributed by atoms with van der Waals surface area (Å²) in [7, 11) is 1.78. The van der Waals surface area contributed by atoms with E-state index in [1.807, 2.05) is 0 Å². The maximum atomic E-state index is 12.8. The van der Waals surface area contributed by atoms with Crippen LogP contribution in [0, 0.1) is 11.3 Å². The number of nitrogens with one attached hydrogen (secondary N) is 1. The Morgan fingerprint density at radius 1 is 1.40 bits per heavy atom. The SMILES string of the molecule is COC1CC(N2C(=O)C3(CC3)NC2CC(C)C)C1(C)C. The van der Waals surface area contributed by atoms with Gasteiger partial charge in [0.2, 0.25) is 5.91 Å². The van der Waals surface area contributed by atoms with Crippen LogP contribution in [0.15, 0.2) is 0 Å². The van der Waals surface area contributed by atoms with Crippen LogP contribution in [0.5, 0.6) is 0 Å². The zero-order valence-electron chi connectivity index (χ0n) is 13.4. The van der Waals surface area contributed by atoms with E-state index in [4.69, 9.17) is 4.74 Å². The molecule has 2 saturated carbocycles. The molecule has 1 N–H and O–H groups in total. The zero-order chi connectivity index (χ0) is 14.7. The van der Waals surface area contributed by atoms with Crippen molar-refractivity contribution in [2.45, 2.75) is 77.2 Å². The van der Waals surface area contributed by atoms with Gasteiger partial charge in [-0.1, -0.05) is 27.7 Å². The fraction of sp³-hybridized carbons (Fsp3) is 0.938. The lowest BCUT2D eigenvalue weighted by Gasteiger charge is -2.55. The first kappa shape index (κ1) is 14.3. The topological polar surface area (TPSA) is 41.6 Å². The summed E-state index contributed by atoms with van der Waals surface area (Å²) in [6.45, 7) is 8.91. The summed E-state index contributed by atoms with van der Waals surface area (Å²) in [5, 5.41) is 3.63. The van der Waals surface area contributed by atoms with Crippen molar-refractivity contribution in [2.75, 3.05) is 7.11 Å². The van der Waals surface area contributed by atoms with Crippen molar-refractivity contribution in [3.63, 3.8) is 0 Å². The standard InChI is InChI=1S/C16H28N2O2/c1-10(2)8-13-17-16(6-7-16)14(19)18(13)11-9-12(20-5)15(11,3)4/h10-13,17H,6-9H2,1-5H3. The van der Waals surface area contributed by atoms with E-state index in [0.717, 1.165) is 25.7 Å². The van der Waals surface area contributed by atoms with Crippen molar-refractivity contribution < 1.29 is 9.53 Å². The van der Waals surface area contributed by atoms with E-state index in [1.54, 1.807) is 7.11 Å². The molecule has 3 unspecified atom stereocenters. The minimum absolute atomic E-state index is 0.0573. The minimum Gasteiger partial charge on any atom is -0.381 e. The van der Waals surface area contributed by atoms with Crippen LogP contribution in [0.4, 0.5) is 0 Å². The number of carbonyl (C=O) groups is 1. The number of methoxy groups -OCH3 is 1. The lowest BCUT2D eigenvalue weighted by atomic mass is 9.63. The number of hydrogen-bond donors (Lipinski definition) is 1. The maximum absolute atomic E-state index is 12.8. The molecule has 4 heteroatoms. The van der Waals surface area contributed by atoms with Gasteiger partial charge in [0.15, 0.2) is 0 Å². The highest BCUT2D eigenvalue weighted by atomic mass is 16.5. The lowest BCUT2D eigenvalue weighted by molar-refractivity contribution is -0.163. The van der Waals surface area contributed by atoms with Gasteiger partial charge in [0.1, 0.15) is 0 Å². The molecular formula is C16H28N2O2. The molecule has 1 saturated heterocycles. The Morgan fingerprint density at radius 3 is 2.50 bits per heavy atom. The number of ether oxygens (including phenoxy) is 1. The minimum atomic E-state index is -0.201. The summed E-state index contributed by atoms with van der Waals surface area (Å²) >= 11 is 0. The van der Waals surface area contributed by atoms with E-state index in [0.29, 0.717) is 17.9 Å². The molecule has 3 rings (SSSR count). The summed E-state index contributed by atoms with van der Waals surface area (Å²) < 4.78 is 5.55. The highest BCUT2D eigenvalue weighted by Crippen LogP contribution is 2.51. The van der Waals surface area contributed by atoms with E-state index >= 15 is 0 Å². The third kappa shape index (κ3) is 1.92. The van der Waals surface area contributed by atoms with Gasteiger partial charge in [0.05, 0.1) is 17.8 Å². The average Bonchev–Trinajstić information content (AvgIpc) is 3.07. The average molecular weight is 280 g/mol. The predicted molar refractivity (Wildman–Crippen MR) is 78.2 cm³/mol. The van der Waals surface area contributed by atoms with Crippen LogP contribution in [0.1, 0.15) is 53.4 Å². The van der Waals surface area contributed by atoms with Crippen molar-refractivity contribution in [1.82, 2.24) is 10.2 Å². The molecule has 3 fully saturated rings. The number of amides is 1. The van der Waals surface area contributed by atoms with Crippen LogP contribution >= 0.6 is 0 Å². The smallest absolute Gasteiger partial charge is 0.244 e. The Labute approximate surface area is 122 Å². The monoisotopic (exact) mass is 280 g/mol. The van der Waals surface area contributed by atoms with E-state index in [-0.39, 0.29) is 23.2 Å². The normalized spacial score (nSPS) is 37.6. The summed E-state index contributed by atoms with van der Waals surface area (Å²) in [6.07, 6.45) is 4.53. The highest BCUT2D eigenvalue weighted by molar-refractivity contribution is 5.92. The van der Waals surface area contributed by atoms with E-state index in [2.05, 4.69) is 37.9 Å². The van der Waals surface area contributed by atoms with Crippen molar-refractivity contribution in [1.29, 1.82) is 0 Å². The van der Waals surface area contributed by atoms with Gasteiger partial charge in [0.25, 0.3) is 0 Å². The third-order valence-electron chi connectivity index (χ3n) is 5.61. The Hall–Kier alpha value is -0.610. The molecule has 114 valence electrons. The van der Waals surface area contributed by atoms with E-state index < -0.39 is 0 Å². The molecule has 4 nitrogen and oxygen atoms in total. The van der Waals surface area contributed by atoms with Crippen LogP contribution in [0.2, 0.25) is 0 Å². The molecule has 1 heterocycles. The Kier molecular flexibility index (Phi) is 3.18. The number of nitrogens with zero attached hydrogens (tertiary/aromatic N) is 1. The molecule has 1 amide bonds. The fourth-order valence-corrected chi connectivity index (χ4v) is 4.04. The third-order valence-corrected chi connectivity index (χ3v) is 5.61. The summed E-state index contributed by atoms with van der Waals surface area (Å²) in [5.74, 6) is 0.939.